The molecule has 0 bridgehead atoms. The van der Waals surface area contributed by atoms with E-state index in [0.29, 0.717) is 5.82 Å². The molecule has 2 aromatic rings. The second kappa shape index (κ2) is 6.55. The highest BCUT2D eigenvalue weighted by Crippen LogP contribution is 2.26. The summed E-state index contributed by atoms with van der Waals surface area (Å²) < 4.78 is 5.05. The first-order valence-electron chi connectivity index (χ1n) is 7.02. The first-order valence-corrected chi connectivity index (χ1v) is 7.02. The Kier molecular flexibility index (Phi) is 4.73. The summed E-state index contributed by atoms with van der Waals surface area (Å²) in [6.07, 6.45) is 3.21. The van der Waals surface area contributed by atoms with Crippen molar-refractivity contribution in [1.29, 1.82) is 0 Å². The summed E-state index contributed by atoms with van der Waals surface area (Å²) in [4.78, 5) is 31.4. The molecule has 122 valence electrons. The first kappa shape index (κ1) is 16.6. The van der Waals surface area contributed by atoms with Crippen LogP contribution >= 0.6 is 0 Å². The largest absolute Gasteiger partial charge is 0.481 e. The maximum Gasteiger partial charge on any atom is 0.316 e. The highest BCUT2D eigenvalue weighted by molar-refractivity contribution is 5.97. The van der Waals surface area contributed by atoms with Crippen molar-refractivity contribution in [1.82, 2.24) is 20.4 Å². The van der Waals surface area contributed by atoms with E-state index in [1.54, 1.807) is 45.3 Å². The van der Waals surface area contributed by atoms with Gasteiger partial charge in [0.05, 0.1) is 6.54 Å². The van der Waals surface area contributed by atoms with Crippen LogP contribution in [-0.4, -0.2) is 32.1 Å². The molecule has 0 aromatic carbocycles. The Morgan fingerprint density at radius 2 is 1.96 bits per heavy atom. The van der Waals surface area contributed by atoms with Crippen molar-refractivity contribution >= 4 is 11.9 Å². The van der Waals surface area contributed by atoms with Crippen molar-refractivity contribution in [3.05, 3.63) is 30.4 Å². The van der Waals surface area contributed by atoms with Crippen LogP contribution in [0.3, 0.4) is 0 Å². The van der Waals surface area contributed by atoms with E-state index in [0.717, 1.165) is 5.56 Å². The number of amides is 1. The molecular weight excluding hydrogens is 300 g/mol. The minimum absolute atomic E-state index is 0.0310. The Labute approximate surface area is 132 Å². The summed E-state index contributed by atoms with van der Waals surface area (Å²) >= 11 is 0. The molecule has 1 unspecified atom stereocenters. The van der Waals surface area contributed by atoms with Gasteiger partial charge < -0.3 is 14.9 Å². The lowest BCUT2D eigenvalue weighted by molar-refractivity contribution is -0.151. The molecule has 0 aliphatic carbocycles. The lowest BCUT2D eigenvalue weighted by atomic mass is 9.80. The predicted molar refractivity (Wildman–Crippen MR) is 80.0 cm³/mol. The van der Waals surface area contributed by atoms with Crippen molar-refractivity contribution in [2.75, 3.05) is 0 Å². The lowest BCUT2D eigenvalue weighted by Gasteiger charge is -2.25. The van der Waals surface area contributed by atoms with Gasteiger partial charge in [-0.1, -0.05) is 25.9 Å². The zero-order valence-electron chi connectivity index (χ0n) is 13.1. The Bertz CT molecular complexity index is 691. The van der Waals surface area contributed by atoms with Crippen LogP contribution in [0.1, 0.15) is 26.7 Å². The number of pyridine rings is 1. The molecule has 0 saturated heterocycles. The third kappa shape index (κ3) is 4.12. The smallest absolute Gasteiger partial charge is 0.316 e. The number of carboxylic acid groups (broad SMARTS) is 1. The van der Waals surface area contributed by atoms with Crippen LogP contribution in [-0.2, 0) is 16.1 Å². The van der Waals surface area contributed by atoms with Gasteiger partial charge in [0, 0.05) is 18.0 Å². The maximum atomic E-state index is 12.1. The standard InChI is InChI=1S/C15H18N4O4/c1-15(2,3)11(14(21)22)13(20)17-8-10-18-12(19-23-10)9-4-6-16-7-5-9/h4-7,11H,8H2,1-3H3,(H,17,20)(H,21,22). The van der Waals surface area contributed by atoms with Crippen LogP contribution in [0, 0.1) is 11.3 Å². The zero-order valence-corrected chi connectivity index (χ0v) is 13.1. The summed E-state index contributed by atoms with van der Waals surface area (Å²) in [5.74, 6) is -2.35. The molecule has 23 heavy (non-hydrogen) atoms. The Morgan fingerprint density at radius 1 is 1.30 bits per heavy atom. The van der Waals surface area contributed by atoms with Gasteiger partial charge in [0.15, 0.2) is 0 Å². The number of carbonyl (C=O) groups excluding carboxylic acids is 1. The van der Waals surface area contributed by atoms with E-state index in [2.05, 4.69) is 20.4 Å². The third-order valence-corrected chi connectivity index (χ3v) is 3.20. The van der Waals surface area contributed by atoms with Crippen molar-refractivity contribution < 1.29 is 19.2 Å². The quantitative estimate of drug-likeness (QED) is 0.802. The van der Waals surface area contributed by atoms with Gasteiger partial charge in [-0.25, -0.2) is 0 Å². The molecular formula is C15H18N4O4. The van der Waals surface area contributed by atoms with Crippen LogP contribution in [0.4, 0.5) is 0 Å². The number of nitrogens with one attached hydrogen (secondary N) is 1. The number of hydrogen-bond acceptors (Lipinski definition) is 6. The Morgan fingerprint density at radius 3 is 2.52 bits per heavy atom. The van der Waals surface area contributed by atoms with Gasteiger partial charge in [-0.05, 0) is 17.5 Å². The molecule has 0 fully saturated rings. The number of carboxylic acids is 1. The normalized spacial score (nSPS) is 12.7. The van der Waals surface area contributed by atoms with Gasteiger partial charge in [0.1, 0.15) is 5.92 Å². The third-order valence-electron chi connectivity index (χ3n) is 3.20. The van der Waals surface area contributed by atoms with E-state index in [1.807, 2.05) is 0 Å². The molecule has 2 rings (SSSR count). The second-order valence-electron chi connectivity index (χ2n) is 6.10. The summed E-state index contributed by atoms with van der Waals surface area (Å²) in [6, 6.07) is 3.46. The molecule has 0 aliphatic rings. The summed E-state index contributed by atoms with van der Waals surface area (Å²) in [7, 11) is 0. The van der Waals surface area contributed by atoms with Crippen molar-refractivity contribution in [3.8, 4) is 11.4 Å². The zero-order chi connectivity index (χ0) is 17.0. The minimum Gasteiger partial charge on any atom is -0.481 e. The molecule has 2 heterocycles. The van der Waals surface area contributed by atoms with Gasteiger partial charge in [-0.3, -0.25) is 14.6 Å². The number of rotatable bonds is 5. The van der Waals surface area contributed by atoms with Gasteiger partial charge in [0.25, 0.3) is 0 Å². The van der Waals surface area contributed by atoms with E-state index in [4.69, 9.17) is 4.52 Å². The van der Waals surface area contributed by atoms with E-state index in [9.17, 15) is 14.7 Å². The number of hydrogen-bond donors (Lipinski definition) is 2. The molecule has 0 aliphatic heterocycles. The van der Waals surface area contributed by atoms with Gasteiger partial charge in [0.2, 0.25) is 17.6 Å². The maximum absolute atomic E-state index is 12.1. The van der Waals surface area contributed by atoms with E-state index < -0.39 is 23.2 Å². The molecule has 1 amide bonds. The summed E-state index contributed by atoms with van der Waals surface area (Å²) in [5, 5.41) is 15.5. The fourth-order valence-electron chi connectivity index (χ4n) is 2.09. The van der Waals surface area contributed by atoms with Crippen molar-refractivity contribution in [2.45, 2.75) is 27.3 Å². The van der Waals surface area contributed by atoms with Crippen molar-refractivity contribution in [2.24, 2.45) is 11.3 Å². The first-order chi connectivity index (χ1) is 10.8. The highest BCUT2D eigenvalue weighted by Gasteiger charge is 2.37. The Hall–Kier alpha value is -2.77. The van der Waals surface area contributed by atoms with Crippen molar-refractivity contribution in [3.63, 3.8) is 0 Å². The monoisotopic (exact) mass is 318 g/mol. The average Bonchev–Trinajstić information content (AvgIpc) is 2.93. The topological polar surface area (TPSA) is 118 Å². The average molecular weight is 318 g/mol. The summed E-state index contributed by atoms with van der Waals surface area (Å²) in [5.41, 5.74) is 0.0342. The SMILES string of the molecule is CC(C)(C)C(C(=O)O)C(=O)NCc1nc(-c2ccncc2)no1. The molecule has 8 nitrogen and oxygen atoms in total. The lowest BCUT2D eigenvalue weighted by Crippen LogP contribution is -2.42. The molecule has 1 atom stereocenters. The van der Waals surface area contributed by atoms with Crippen LogP contribution < -0.4 is 5.32 Å². The van der Waals surface area contributed by atoms with Crippen LogP contribution in [0.15, 0.2) is 29.0 Å². The van der Waals surface area contributed by atoms with Gasteiger partial charge in [-0.2, -0.15) is 4.98 Å². The molecule has 2 N–H and O–H groups in total. The minimum atomic E-state index is -1.17. The number of nitrogens with zero attached hydrogens (tertiary/aromatic N) is 3. The predicted octanol–water partition coefficient (Wildman–Crippen LogP) is 1.49. The number of carbonyl (C=O) groups is 2. The summed E-state index contributed by atoms with van der Waals surface area (Å²) in [6.45, 7) is 5.05. The van der Waals surface area contributed by atoms with Crippen LogP contribution in [0.2, 0.25) is 0 Å². The molecule has 8 heteroatoms. The van der Waals surface area contributed by atoms with Gasteiger partial charge >= 0.3 is 5.97 Å². The second-order valence-corrected chi connectivity index (χ2v) is 6.10. The fraction of sp³-hybridized carbons (Fsp3) is 0.400. The molecule has 0 spiro atoms. The van der Waals surface area contributed by atoms with Crippen LogP contribution in [0.25, 0.3) is 11.4 Å². The fourth-order valence-corrected chi connectivity index (χ4v) is 2.09. The van der Waals surface area contributed by atoms with Gasteiger partial charge in [-0.15, -0.1) is 0 Å². The number of aliphatic carboxylic acids is 1. The van der Waals surface area contributed by atoms with E-state index >= 15 is 0 Å². The molecule has 2 aromatic heterocycles. The van der Waals surface area contributed by atoms with E-state index in [1.165, 1.54) is 0 Å². The molecule has 0 saturated carbocycles. The van der Waals surface area contributed by atoms with Crippen LogP contribution in [0.5, 0.6) is 0 Å². The highest BCUT2D eigenvalue weighted by atomic mass is 16.5. The Balaban J connectivity index is 2.03. The number of aromatic nitrogens is 3. The van der Waals surface area contributed by atoms with E-state index in [-0.39, 0.29) is 12.4 Å². The molecule has 0 radical (unpaired) electrons.